The molecular formula is C20H33N3O2. The van der Waals surface area contributed by atoms with E-state index in [1.54, 1.807) is 7.11 Å². The highest BCUT2D eigenvalue weighted by Crippen LogP contribution is 2.33. The van der Waals surface area contributed by atoms with E-state index in [2.05, 4.69) is 42.3 Å². The van der Waals surface area contributed by atoms with Crippen LogP contribution in [0, 0.1) is 5.92 Å². The fourth-order valence-corrected chi connectivity index (χ4v) is 4.08. The first-order valence-electron chi connectivity index (χ1n) is 9.63. The Morgan fingerprint density at radius 2 is 1.84 bits per heavy atom. The zero-order valence-electron chi connectivity index (χ0n) is 15.8. The molecule has 1 saturated carbocycles. The molecule has 0 aromatic heterocycles. The summed E-state index contributed by atoms with van der Waals surface area (Å²) in [5.74, 6) is 1.66. The first-order valence-corrected chi connectivity index (χ1v) is 9.63. The van der Waals surface area contributed by atoms with E-state index in [1.165, 1.54) is 12.8 Å². The van der Waals surface area contributed by atoms with E-state index in [4.69, 9.17) is 15.2 Å². The summed E-state index contributed by atoms with van der Waals surface area (Å²) in [5.41, 5.74) is 8.28. The molecule has 1 aliphatic carbocycles. The molecule has 2 atom stereocenters. The number of nitrogens with two attached hydrogens (primary N) is 1. The number of benzene rings is 1. The zero-order chi connectivity index (χ0) is 17.8. The van der Waals surface area contributed by atoms with Crippen LogP contribution in [0.5, 0.6) is 5.75 Å². The van der Waals surface area contributed by atoms with Gasteiger partial charge in [-0.15, -0.1) is 0 Å². The Labute approximate surface area is 151 Å². The van der Waals surface area contributed by atoms with Crippen LogP contribution in [0.2, 0.25) is 0 Å². The maximum Gasteiger partial charge on any atom is 0.144 e. The number of anilines is 2. The maximum atomic E-state index is 6.00. The summed E-state index contributed by atoms with van der Waals surface area (Å²) < 4.78 is 11.5. The molecule has 0 radical (unpaired) electrons. The largest absolute Gasteiger partial charge is 0.495 e. The highest BCUT2D eigenvalue weighted by molar-refractivity contribution is 5.65. The first kappa shape index (κ1) is 18.3. The zero-order valence-corrected chi connectivity index (χ0v) is 15.8. The van der Waals surface area contributed by atoms with Crippen LogP contribution < -0.4 is 20.7 Å². The molecular weight excluding hydrogens is 314 g/mol. The number of ether oxygens (including phenoxy) is 2. The summed E-state index contributed by atoms with van der Waals surface area (Å²) in [7, 11) is 1.75. The lowest BCUT2D eigenvalue weighted by Crippen LogP contribution is -2.45. The number of nitrogens with one attached hydrogen (secondary N) is 1. The topological polar surface area (TPSA) is 59.8 Å². The SMILES string of the molecule is COc1cc(NCC2CCC(N)CC2)ccc1N1C[C@@H](C)O[C@H](C)C1. The Morgan fingerprint density at radius 3 is 2.48 bits per heavy atom. The second kappa shape index (κ2) is 8.28. The lowest BCUT2D eigenvalue weighted by Gasteiger charge is -2.37. The predicted molar refractivity (Wildman–Crippen MR) is 104 cm³/mol. The normalized spacial score (nSPS) is 30.2. The minimum Gasteiger partial charge on any atom is -0.495 e. The van der Waals surface area contributed by atoms with Gasteiger partial charge in [0.05, 0.1) is 25.0 Å². The van der Waals surface area contributed by atoms with Gasteiger partial charge in [0, 0.05) is 37.4 Å². The summed E-state index contributed by atoms with van der Waals surface area (Å²) in [6.07, 6.45) is 5.25. The van der Waals surface area contributed by atoms with Crippen molar-refractivity contribution >= 4 is 11.4 Å². The van der Waals surface area contributed by atoms with Gasteiger partial charge in [0.15, 0.2) is 0 Å². The van der Waals surface area contributed by atoms with Crippen molar-refractivity contribution in [3.63, 3.8) is 0 Å². The van der Waals surface area contributed by atoms with Crippen molar-refractivity contribution in [3.8, 4) is 5.75 Å². The van der Waals surface area contributed by atoms with E-state index >= 15 is 0 Å². The molecule has 1 aromatic rings. The van der Waals surface area contributed by atoms with Gasteiger partial charge in [-0.3, -0.25) is 0 Å². The Morgan fingerprint density at radius 1 is 1.16 bits per heavy atom. The molecule has 2 fully saturated rings. The quantitative estimate of drug-likeness (QED) is 0.856. The average Bonchev–Trinajstić information content (AvgIpc) is 2.60. The molecule has 0 spiro atoms. The molecule has 1 aliphatic heterocycles. The first-order chi connectivity index (χ1) is 12.0. The van der Waals surface area contributed by atoms with Gasteiger partial charge in [-0.2, -0.15) is 0 Å². The molecule has 1 aromatic carbocycles. The van der Waals surface area contributed by atoms with Crippen molar-refractivity contribution in [2.75, 3.05) is 37.0 Å². The lowest BCUT2D eigenvalue weighted by atomic mass is 9.86. The van der Waals surface area contributed by atoms with Crippen LogP contribution >= 0.6 is 0 Å². The molecule has 1 heterocycles. The number of morpholine rings is 1. The highest BCUT2D eigenvalue weighted by atomic mass is 16.5. The second-order valence-electron chi connectivity index (χ2n) is 7.71. The molecule has 1 saturated heterocycles. The Balaban J connectivity index is 1.63. The van der Waals surface area contributed by atoms with Crippen molar-refractivity contribution in [2.24, 2.45) is 11.7 Å². The van der Waals surface area contributed by atoms with Crippen molar-refractivity contribution in [1.29, 1.82) is 0 Å². The van der Waals surface area contributed by atoms with E-state index < -0.39 is 0 Å². The van der Waals surface area contributed by atoms with Gasteiger partial charge >= 0.3 is 0 Å². The molecule has 2 aliphatic rings. The lowest BCUT2D eigenvalue weighted by molar-refractivity contribution is -0.00532. The van der Waals surface area contributed by atoms with Gasteiger partial charge in [-0.1, -0.05) is 0 Å². The maximum absolute atomic E-state index is 6.00. The number of hydrogen-bond donors (Lipinski definition) is 2. The van der Waals surface area contributed by atoms with Crippen LogP contribution in [0.1, 0.15) is 39.5 Å². The average molecular weight is 348 g/mol. The molecule has 0 amide bonds. The van der Waals surface area contributed by atoms with Gasteiger partial charge in [0.1, 0.15) is 5.75 Å². The molecule has 3 rings (SSSR count). The van der Waals surface area contributed by atoms with Gasteiger partial charge in [-0.05, 0) is 57.6 Å². The molecule has 0 bridgehead atoms. The minimum atomic E-state index is 0.240. The highest BCUT2D eigenvalue weighted by Gasteiger charge is 2.24. The van der Waals surface area contributed by atoms with E-state index in [-0.39, 0.29) is 12.2 Å². The monoisotopic (exact) mass is 347 g/mol. The van der Waals surface area contributed by atoms with Crippen molar-refractivity contribution in [1.82, 2.24) is 0 Å². The van der Waals surface area contributed by atoms with E-state index in [0.717, 1.165) is 55.5 Å². The van der Waals surface area contributed by atoms with E-state index in [9.17, 15) is 0 Å². The molecule has 140 valence electrons. The Bertz CT molecular complexity index is 548. The van der Waals surface area contributed by atoms with Crippen molar-refractivity contribution in [3.05, 3.63) is 18.2 Å². The third kappa shape index (κ3) is 4.79. The third-order valence-corrected chi connectivity index (χ3v) is 5.43. The summed E-state index contributed by atoms with van der Waals surface area (Å²) >= 11 is 0. The van der Waals surface area contributed by atoms with Crippen LogP contribution in [0.3, 0.4) is 0 Å². The van der Waals surface area contributed by atoms with Gasteiger partial charge in [0.2, 0.25) is 0 Å². The summed E-state index contributed by atoms with van der Waals surface area (Å²) in [6.45, 7) is 7.06. The molecule has 0 unspecified atom stereocenters. The Hall–Kier alpha value is -1.46. The van der Waals surface area contributed by atoms with Crippen LogP contribution in [0.15, 0.2) is 18.2 Å². The van der Waals surface area contributed by atoms with E-state index in [0.29, 0.717) is 6.04 Å². The second-order valence-corrected chi connectivity index (χ2v) is 7.71. The van der Waals surface area contributed by atoms with Crippen LogP contribution in [-0.2, 0) is 4.74 Å². The van der Waals surface area contributed by atoms with Crippen LogP contribution in [-0.4, -0.2) is 45.0 Å². The number of hydrogen-bond acceptors (Lipinski definition) is 5. The van der Waals surface area contributed by atoms with Gasteiger partial charge in [-0.25, -0.2) is 0 Å². The Kier molecular flexibility index (Phi) is 6.07. The number of methoxy groups -OCH3 is 1. The van der Waals surface area contributed by atoms with Crippen molar-refractivity contribution < 1.29 is 9.47 Å². The van der Waals surface area contributed by atoms with Crippen molar-refractivity contribution in [2.45, 2.75) is 57.8 Å². The summed E-state index contributed by atoms with van der Waals surface area (Å²) in [5, 5.41) is 3.59. The fourth-order valence-electron chi connectivity index (χ4n) is 4.08. The molecule has 5 nitrogen and oxygen atoms in total. The molecule has 5 heteroatoms. The fraction of sp³-hybridized carbons (Fsp3) is 0.700. The number of rotatable bonds is 5. The van der Waals surface area contributed by atoms with E-state index in [1.807, 2.05) is 0 Å². The third-order valence-electron chi connectivity index (χ3n) is 5.43. The van der Waals surface area contributed by atoms with Crippen LogP contribution in [0.4, 0.5) is 11.4 Å². The summed E-state index contributed by atoms with van der Waals surface area (Å²) in [4.78, 5) is 2.37. The van der Waals surface area contributed by atoms with Crippen LogP contribution in [0.25, 0.3) is 0 Å². The predicted octanol–water partition coefficient (Wildman–Crippen LogP) is 3.24. The van der Waals surface area contributed by atoms with Gasteiger partial charge < -0.3 is 25.4 Å². The molecule has 25 heavy (non-hydrogen) atoms. The standard InChI is InChI=1S/C20H33N3O2/c1-14-12-23(13-15(2)25-14)19-9-8-18(10-20(19)24-3)22-11-16-4-6-17(21)7-5-16/h8-10,14-17,22H,4-7,11-13,21H2,1-3H3/t14-,15-,16?,17?/m1/s1. The number of nitrogens with zero attached hydrogens (tertiary/aromatic N) is 1. The molecule has 3 N–H and O–H groups in total. The smallest absolute Gasteiger partial charge is 0.144 e. The van der Waals surface area contributed by atoms with Gasteiger partial charge in [0.25, 0.3) is 0 Å². The minimum absolute atomic E-state index is 0.240. The summed E-state index contributed by atoms with van der Waals surface area (Å²) in [6, 6.07) is 6.86.